The Kier molecular flexibility index (Phi) is 6.72. The van der Waals surface area contributed by atoms with E-state index in [2.05, 4.69) is 10.6 Å². The molecule has 104 valence electrons. The van der Waals surface area contributed by atoms with Gasteiger partial charge in [0.2, 0.25) is 11.8 Å². The van der Waals surface area contributed by atoms with Crippen LogP contribution >= 0.6 is 0 Å². The molecule has 0 aromatic carbocycles. The zero-order valence-electron chi connectivity index (χ0n) is 11.5. The highest BCUT2D eigenvalue weighted by atomic mass is 16.2. The summed E-state index contributed by atoms with van der Waals surface area (Å²) in [7, 11) is 0. The van der Waals surface area contributed by atoms with E-state index in [1.54, 1.807) is 4.90 Å². The van der Waals surface area contributed by atoms with Gasteiger partial charge in [0.15, 0.2) is 0 Å². The maximum Gasteiger partial charge on any atom is 0.239 e. The second-order valence-corrected chi connectivity index (χ2v) is 4.69. The lowest BCUT2D eigenvalue weighted by Crippen LogP contribution is -2.40. The van der Waals surface area contributed by atoms with Crippen LogP contribution in [0.1, 0.15) is 39.5 Å². The summed E-state index contributed by atoms with van der Waals surface area (Å²) in [4.78, 5) is 25.1. The molecule has 1 aliphatic heterocycles. The molecular weight excluding hydrogens is 230 g/mol. The van der Waals surface area contributed by atoms with Crippen molar-refractivity contribution in [2.24, 2.45) is 0 Å². The van der Waals surface area contributed by atoms with Gasteiger partial charge >= 0.3 is 0 Å². The average molecular weight is 255 g/mol. The lowest BCUT2D eigenvalue weighted by atomic mass is 10.1. The molecule has 1 rings (SSSR count). The van der Waals surface area contributed by atoms with E-state index >= 15 is 0 Å². The molecule has 1 saturated heterocycles. The summed E-state index contributed by atoms with van der Waals surface area (Å²) < 4.78 is 0. The van der Waals surface area contributed by atoms with Crippen LogP contribution < -0.4 is 10.6 Å². The summed E-state index contributed by atoms with van der Waals surface area (Å²) in [6, 6.07) is 0.483. The van der Waals surface area contributed by atoms with Gasteiger partial charge < -0.3 is 15.5 Å². The molecule has 5 nitrogen and oxygen atoms in total. The topological polar surface area (TPSA) is 61.4 Å². The summed E-state index contributed by atoms with van der Waals surface area (Å²) in [5, 5.41) is 6.10. The first-order chi connectivity index (χ1) is 8.67. The molecule has 1 fully saturated rings. The summed E-state index contributed by atoms with van der Waals surface area (Å²) in [6.07, 6.45) is 3.78. The average Bonchev–Trinajstić information content (AvgIpc) is 2.86. The minimum atomic E-state index is -0.0771. The van der Waals surface area contributed by atoms with E-state index in [-0.39, 0.29) is 18.4 Å². The Labute approximate surface area is 109 Å². The standard InChI is InChI=1S/C13H25N3O2/c1-3-14-12(17)10-16(4-2)13(18)8-7-11-6-5-9-15-11/h11,15H,3-10H2,1-2H3,(H,14,17). The van der Waals surface area contributed by atoms with Gasteiger partial charge in [-0.3, -0.25) is 9.59 Å². The number of nitrogens with one attached hydrogen (secondary N) is 2. The molecule has 1 aliphatic rings. The maximum atomic E-state index is 12.0. The first kappa shape index (κ1) is 15.0. The Balaban J connectivity index is 2.29. The van der Waals surface area contributed by atoms with Crippen molar-refractivity contribution in [3.8, 4) is 0 Å². The van der Waals surface area contributed by atoms with Crippen LogP contribution in [0.2, 0.25) is 0 Å². The lowest BCUT2D eigenvalue weighted by Gasteiger charge is -2.21. The van der Waals surface area contributed by atoms with Crippen LogP contribution in [0.4, 0.5) is 0 Å². The van der Waals surface area contributed by atoms with Crippen molar-refractivity contribution in [2.45, 2.75) is 45.6 Å². The Bertz CT molecular complexity index is 275. The Morgan fingerprint density at radius 2 is 2.17 bits per heavy atom. The molecule has 2 N–H and O–H groups in total. The second-order valence-electron chi connectivity index (χ2n) is 4.69. The van der Waals surface area contributed by atoms with Gasteiger partial charge in [-0.25, -0.2) is 0 Å². The minimum Gasteiger partial charge on any atom is -0.355 e. The summed E-state index contributed by atoms with van der Waals surface area (Å²) in [6.45, 7) is 6.23. The zero-order chi connectivity index (χ0) is 13.4. The number of likely N-dealkylation sites (N-methyl/N-ethyl adjacent to an activating group) is 2. The molecule has 0 radical (unpaired) electrons. The molecule has 5 heteroatoms. The van der Waals surface area contributed by atoms with Crippen molar-refractivity contribution in [3.05, 3.63) is 0 Å². The van der Waals surface area contributed by atoms with Crippen molar-refractivity contribution in [3.63, 3.8) is 0 Å². The maximum absolute atomic E-state index is 12.0. The predicted molar refractivity (Wildman–Crippen MR) is 71.2 cm³/mol. The van der Waals surface area contributed by atoms with Gasteiger partial charge in [-0.1, -0.05) is 0 Å². The van der Waals surface area contributed by atoms with Gasteiger partial charge in [-0.2, -0.15) is 0 Å². The molecule has 0 saturated carbocycles. The van der Waals surface area contributed by atoms with Crippen LogP contribution in [-0.2, 0) is 9.59 Å². The molecule has 0 aliphatic carbocycles. The van der Waals surface area contributed by atoms with Crippen molar-refractivity contribution in [1.29, 1.82) is 0 Å². The van der Waals surface area contributed by atoms with Crippen molar-refractivity contribution in [1.82, 2.24) is 15.5 Å². The molecule has 0 aromatic heterocycles. The van der Waals surface area contributed by atoms with E-state index in [1.807, 2.05) is 13.8 Å². The molecule has 1 unspecified atom stereocenters. The van der Waals surface area contributed by atoms with Gasteiger partial charge in [0.1, 0.15) is 0 Å². The van der Waals surface area contributed by atoms with E-state index in [0.29, 0.717) is 25.6 Å². The van der Waals surface area contributed by atoms with Crippen LogP contribution in [0.5, 0.6) is 0 Å². The molecule has 0 bridgehead atoms. The summed E-state index contributed by atoms with van der Waals surface area (Å²) >= 11 is 0. The zero-order valence-corrected chi connectivity index (χ0v) is 11.5. The van der Waals surface area contributed by atoms with Crippen LogP contribution in [0.15, 0.2) is 0 Å². The molecule has 0 aromatic rings. The quantitative estimate of drug-likeness (QED) is 0.696. The molecular formula is C13H25N3O2. The highest BCUT2D eigenvalue weighted by molar-refractivity contribution is 5.84. The number of hydrogen-bond acceptors (Lipinski definition) is 3. The third-order valence-electron chi connectivity index (χ3n) is 3.31. The van der Waals surface area contributed by atoms with Gasteiger partial charge in [0.05, 0.1) is 6.54 Å². The minimum absolute atomic E-state index is 0.0771. The van der Waals surface area contributed by atoms with Gasteiger partial charge in [-0.05, 0) is 39.7 Å². The largest absolute Gasteiger partial charge is 0.355 e. The number of amides is 2. The number of nitrogens with zero attached hydrogens (tertiary/aromatic N) is 1. The van der Waals surface area contributed by atoms with Crippen molar-refractivity contribution < 1.29 is 9.59 Å². The fourth-order valence-electron chi connectivity index (χ4n) is 2.26. The predicted octanol–water partition coefficient (Wildman–Crippen LogP) is 0.503. The van der Waals surface area contributed by atoms with Crippen LogP contribution in [0, 0.1) is 0 Å². The van der Waals surface area contributed by atoms with E-state index in [9.17, 15) is 9.59 Å². The normalized spacial score (nSPS) is 18.7. The molecule has 2 amide bonds. The molecule has 18 heavy (non-hydrogen) atoms. The molecule has 1 atom stereocenters. The Hall–Kier alpha value is -1.10. The number of carbonyl (C=O) groups is 2. The van der Waals surface area contributed by atoms with Gasteiger partial charge in [-0.15, -0.1) is 0 Å². The number of carbonyl (C=O) groups excluding carboxylic acids is 2. The monoisotopic (exact) mass is 255 g/mol. The van der Waals surface area contributed by atoms with Crippen LogP contribution in [-0.4, -0.2) is 48.9 Å². The lowest BCUT2D eigenvalue weighted by molar-refractivity contribution is -0.136. The van der Waals surface area contributed by atoms with E-state index in [0.717, 1.165) is 19.4 Å². The Morgan fingerprint density at radius 1 is 1.39 bits per heavy atom. The summed E-state index contributed by atoms with van der Waals surface area (Å²) in [5.41, 5.74) is 0. The number of rotatable bonds is 7. The number of hydrogen-bond donors (Lipinski definition) is 2. The second kappa shape index (κ2) is 8.08. The van der Waals surface area contributed by atoms with Crippen molar-refractivity contribution in [2.75, 3.05) is 26.2 Å². The SMILES string of the molecule is CCNC(=O)CN(CC)C(=O)CCC1CCCN1. The molecule has 0 spiro atoms. The van der Waals surface area contributed by atoms with Crippen LogP contribution in [0.25, 0.3) is 0 Å². The smallest absolute Gasteiger partial charge is 0.239 e. The fraction of sp³-hybridized carbons (Fsp3) is 0.846. The Morgan fingerprint density at radius 3 is 2.72 bits per heavy atom. The van der Waals surface area contributed by atoms with E-state index in [4.69, 9.17) is 0 Å². The highest BCUT2D eigenvalue weighted by Gasteiger charge is 2.19. The molecule has 1 heterocycles. The highest BCUT2D eigenvalue weighted by Crippen LogP contribution is 2.11. The van der Waals surface area contributed by atoms with Crippen LogP contribution in [0.3, 0.4) is 0 Å². The van der Waals surface area contributed by atoms with E-state index in [1.165, 1.54) is 6.42 Å². The fourth-order valence-corrected chi connectivity index (χ4v) is 2.26. The van der Waals surface area contributed by atoms with Gasteiger partial charge in [0, 0.05) is 25.6 Å². The third-order valence-corrected chi connectivity index (χ3v) is 3.31. The first-order valence-corrected chi connectivity index (χ1v) is 6.95. The first-order valence-electron chi connectivity index (χ1n) is 6.95. The third kappa shape index (κ3) is 5.04. The van der Waals surface area contributed by atoms with E-state index < -0.39 is 0 Å². The summed E-state index contributed by atoms with van der Waals surface area (Å²) in [5.74, 6) is 0.00384. The van der Waals surface area contributed by atoms with Gasteiger partial charge in [0.25, 0.3) is 0 Å². The van der Waals surface area contributed by atoms with Crippen molar-refractivity contribution >= 4 is 11.8 Å².